The molecule has 5 nitrogen and oxygen atoms in total. The molecule has 0 amide bonds. The molecule has 0 aromatic carbocycles. The third kappa shape index (κ3) is 6.15. The lowest BCUT2D eigenvalue weighted by Crippen LogP contribution is -2.54. The van der Waals surface area contributed by atoms with Gasteiger partial charge in [-0.25, -0.2) is 4.98 Å². The zero-order chi connectivity index (χ0) is 27.0. The third-order valence-corrected chi connectivity index (χ3v) is 13.8. The van der Waals surface area contributed by atoms with Crippen molar-refractivity contribution < 1.29 is 9.22 Å². The van der Waals surface area contributed by atoms with Gasteiger partial charge < -0.3 is 9.33 Å². The van der Waals surface area contributed by atoms with Crippen molar-refractivity contribution in [1.29, 1.82) is 0 Å². The molecule has 3 aromatic rings. The molecule has 0 aliphatic carbocycles. The van der Waals surface area contributed by atoms with Crippen molar-refractivity contribution in [3.63, 3.8) is 0 Å². The Hall–Kier alpha value is -2.09. The first kappa shape index (κ1) is 27.9. The Bertz CT molecular complexity index is 1240. The van der Waals surface area contributed by atoms with Crippen LogP contribution in [-0.2, 0) is 17.3 Å². The van der Waals surface area contributed by atoms with Gasteiger partial charge in [0, 0.05) is 48.0 Å². The first-order valence-corrected chi connectivity index (χ1v) is 17.4. The molecule has 4 rings (SSSR count). The average Bonchev–Trinajstić information content (AvgIpc) is 3.23. The van der Waals surface area contributed by atoms with E-state index in [2.05, 4.69) is 76.7 Å². The smallest absolute Gasteiger partial charge is 0.192 e. The van der Waals surface area contributed by atoms with Crippen LogP contribution in [0.25, 0.3) is 10.2 Å². The quantitative estimate of drug-likeness (QED) is 0.219. The molecular formula is C30H43N3O2SSi. The maximum Gasteiger partial charge on any atom is 0.192 e. The molecule has 1 fully saturated rings. The van der Waals surface area contributed by atoms with E-state index in [4.69, 9.17) is 9.41 Å². The summed E-state index contributed by atoms with van der Waals surface area (Å²) in [4.78, 5) is 26.2. The summed E-state index contributed by atoms with van der Waals surface area (Å²) in [6.45, 7) is 20.2. The zero-order valence-corrected chi connectivity index (χ0v) is 25.6. The number of ketones is 1. The number of thiophene rings is 1. The first-order chi connectivity index (χ1) is 17.4. The number of piperidine rings is 1. The van der Waals surface area contributed by atoms with E-state index in [1.54, 1.807) is 11.3 Å². The second-order valence-electron chi connectivity index (χ2n) is 12.3. The van der Waals surface area contributed by atoms with Crippen LogP contribution in [-0.4, -0.2) is 43.3 Å². The fourth-order valence-corrected chi connectivity index (χ4v) is 7.72. The number of aryl methyl sites for hydroxylation is 1. The number of aromatic nitrogens is 2. The fraction of sp³-hybridized carbons (Fsp3) is 0.567. The van der Waals surface area contributed by atoms with E-state index in [0.717, 1.165) is 47.4 Å². The van der Waals surface area contributed by atoms with Gasteiger partial charge >= 0.3 is 0 Å². The summed E-state index contributed by atoms with van der Waals surface area (Å²) in [6, 6.07) is 8.11. The molecular weight excluding hydrogens is 495 g/mol. The van der Waals surface area contributed by atoms with Crippen LogP contribution in [0.5, 0.6) is 0 Å². The molecule has 200 valence electrons. The number of Topliss-reactive ketones (excluding diaryl/α,β-unsaturated/α-hetero) is 1. The Morgan fingerprint density at radius 1 is 1.16 bits per heavy atom. The molecule has 1 saturated heterocycles. The summed E-state index contributed by atoms with van der Waals surface area (Å²) in [5, 5.41) is 0.194. The van der Waals surface area contributed by atoms with Crippen molar-refractivity contribution in [1.82, 2.24) is 9.97 Å². The number of nitrogens with zero attached hydrogens (tertiary/aromatic N) is 3. The Balaban J connectivity index is 1.50. The molecule has 3 aromatic heterocycles. The predicted molar refractivity (Wildman–Crippen MR) is 158 cm³/mol. The number of hydrogen-bond acceptors (Lipinski definition) is 6. The summed E-state index contributed by atoms with van der Waals surface area (Å²) in [7, 11) is -1.85. The van der Waals surface area contributed by atoms with Crippen LogP contribution in [0.15, 0.2) is 36.7 Å². The minimum Gasteiger partial charge on any atom is -0.413 e. The highest BCUT2D eigenvalue weighted by molar-refractivity contribution is 7.19. The van der Waals surface area contributed by atoms with Crippen LogP contribution < -0.4 is 4.90 Å². The molecule has 0 radical (unpaired) electrons. The molecule has 0 saturated carbocycles. The summed E-state index contributed by atoms with van der Waals surface area (Å²) >= 11 is 1.77. The van der Waals surface area contributed by atoms with E-state index in [1.165, 1.54) is 4.88 Å². The lowest BCUT2D eigenvalue weighted by atomic mass is 9.87. The van der Waals surface area contributed by atoms with E-state index in [0.29, 0.717) is 24.0 Å². The summed E-state index contributed by atoms with van der Waals surface area (Å²) in [6.07, 6.45) is 6.40. The standard InChI is InChI=1S/C30H43N3O2SSi/c1-9-10-23-16-25-28(36-23)12-11-24(32-25)27(34)15-22-17-31-14-13-26(22)33-18-20(2)29(21(3)19-33)35-37(7,8)30(4,5)6/h11-14,16-17,20-21,29H,9-10,15,18-19H2,1-8H3/t20-,21+,29?. The number of carbonyl (C=O) groups is 1. The largest absolute Gasteiger partial charge is 0.413 e. The van der Waals surface area contributed by atoms with Gasteiger partial charge in [-0.15, -0.1) is 11.3 Å². The van der Waals surface area contributed by atoms with Crippen molar-refractivity contribution in [2.24, 2.45) is 11.8 Å². The molecule has 3 atom stereocenters. The fourth-order valence-electron chi connectivity index (χ4n) is 5.11. The van der Waals surface area contributed by atoms with Crippen molar-refractivity contribution in [2.75, 3.05) is 18.0 Å². The summed E-state index contributed by atoms with van der Waals surface area (Å²) in [5.41, 5.74) is 3.53. The van der Waals surface area contributed by atoms with Crippen LogP contribution in [0.3, 0.4) is 0 Å². The molecule has 1 unspecified atom stereocenters. The lowest BCUT2D eigenvalue weighted by molar-refractivity contribution is 0.0627. The SMILES string of the molecule is CCCc1cc2nc(C(=O)Cc3cnccc3N3C[C@@H](C)C(O[Si](C)(C)C(C)(C)C)[C@@H](C)C3)ccc2s1. The monoisotopic (exact) mass is 537 g/mol. The lowest BCUT2D eigenvalue weighted by Gasteiger charge is -2.48. The van der Waals surface area contributed by atoms with Gasteiger partial charge in [0.25, 0.3) is 0 Å². The van der Waals surface area contributed by atoms with Gasteiger partial charge in [0.1, 0.15) is 5.69 Å². The number of pyridine rings is 2. The maximum atomic E-state index is 13.3. The second-order valence-corrected chi connectivity index (χ2v) is 18.3. The van der Waals surface area contributed by atoms with Gasteiger partial charge in [-0.05, 0) is 60.7 Å². The van der Waals surface area contributed by atoms with Crippen LogP contribution in [0, 0.1) is 11.8 Å². The Morgan fingerprint density at radius 3 is 2.51 bits per heavy atom. The number of fused-ring (bicyclic) bond motifs is 1. The maximum absolute atomic E-state index is 13.3. The van der Waals surface area contributed by atoms with Crippen LogP contribution in [0.4, 0.5) is 5.69 Å². The predicted octanol–water partition coefficient (Wildman–Crippen LogP) is 7.55. The second kappa shape index (κ2) is 10.9. The van der Waals surface area contributed by atoms with Crippen LogP contribution in [0.2, 0.25) is 18.1 Å². The molecule has 0 bridgehead atoms. The van der Waals surface area contributed by atoms with Gasteiger partial charge in [-0.3, -0.25) is 9.78 Å². The van der Waals surface area contributed by atoms with Crippen molar-refractivity contribution in [3.05, 3.63) is 52.8 Å². The minimum absolute atomic E-state index is 0.0386. The van der Waals surface area contributed by atoms with E-state index in [-0.39, 0.29) is 16.9 Å². The van der Waals surface area contributed by atoms with Crippen molar-refractivity contribution in [2.45, 2.75) is 85.0 Å². The summed E-state index contributed by atoms with van der Waals surface area (Å²) < 4.78 is 8.04. The summed E-state index contributed by atoms with van der Waals surface area (Å²) in [5.74, 6) is 0.834. The number of hydrogen-bond donors (Lipinski definition) is 0. The van der Waals surface area contributed by atoms with Gasteiger partial charge in [-0.1, -0.05) is 48.0 Å². The highest BCUT2D eigenvalue weighted by Crippen LogP contribution is 2.41. The Kier molecular flexibility index (Phi) is 8.27. The average molecular weight is 538 g/mol. The highest BCUT2D eigenvalue weighted by Gasteiger charge is 2.43. The molecule has 1 aliphatic rings. The van der Waals surface area contributed by atoms with Gasteiger partial charge in [0.2, 0.25) is 0 Å². The van der Waals surface area contributed by atoms with E-state index >= 15 is 0 Å². The van der Waals surface area contributed by atoms with Crippen LogP contribution in [0.1, 0.15) is 68.9 Å². The van der Waals surface area contributed by atoms with Gasteiger partial charge in [-0.2, -0.15) is 0 Å². The van der Waals surface area contributed by atoms with E-state index in [1.807, 2.05) is 24.5 Å². The van der Waals surface area contributed by atoms with Crippen molar-refractivity contribution in [3.8, 4) is 0 Å². The molecule has 37 heavy (non-hydrogen) atoms. The highest BCUT2D eigenvalue weighted by atomic mass is 32.1. The Morgan fingerprint density at radius 2 is 1.86 bits per heavy atom. The van der Waals surface area contributed by atoms with E-state index in [9.17, 15) is 4.79 Å². The Labute approximate surface area is 227 Å². The molecule has 1 aliphatic heterocycles. The molecule has 0 N–H and O–H groups in total. The minimum atomic E-state index is -1.85. The van der Waals surface area contributed by atoms with Crippen LogP contribution >= 0.6 is 11.3 Å². The number of anilines is 1. The number of rotatable bonds is 8. The molecule has 4 heterocycles. The normalized spacial score (nSPS) is 21.0. The molecule has 0 spiro atoms. The van der Waals surface area contributed by atoms with Crippen molar-refractivity contribution >= 4 is 41.3 Å². The molecule has 7 heteroatoms. The topological polar surface area (TPSA) is 55.3 Å². The first-order valence-electron chi connectivity index (χ1n) is 13.7. The zero-order valence-electron chi connectivity index (χ0n) is 23.8. The van der Waals surface area contributed by atoms with Gasteiger partial charge in [0.05, 0.1) is 16.3 Å². The van der Waals surface area contributed by atoms with Gasteiger partial charge in [0.15, 0.2) is 14.1 Å². The third-order valence-electron chi connectivity index (χ3n) is 8.15. The number of carbonyl (C=O) groups excluding carboxylic acids is 1. The van der Waals surface area contributed by atoms with E-state index < -0.39 is 8.32 Å².